The molecule has 0 amide bonds. The highest BCUT2D eigenvalue weighted by Crippen LogP contribution is 2.13. The van der Waals surface area contributed by atoms with Crippen LogP contribution in [0.15, 0.2) is 60.8 Å². The van der Waals surface area contributed by atoms with Crippen LogP contribution in [0.3, 0.4) is 0 Å². The lowest BCUT2D eigenvalue weighted by molar-refractivity contribution is 0.0600. The second-order valence-electron chi connectivity index (χ2n) is 4.87. The number of rotatable bonds is 7. The third-order valence-electron chi connectivity index (χ3n) is 3.24. The summed E-state index contributed by atoms with van der Waals surface area (Å²) in [4.78, 5) is 23.4. The molecule has 0 spiro atoms. The number of allylic oxidation sites excluding steroid dienone is 1. The number of esters is 1. The highest BCUT2D eigenvalue weighted by atomic mass is 16.5. The quantitative estimate of drug-likeness (QED) is 0.478. The maximum Gasteiger partial charge on any atom is 0.337 e. The zero-order valence-corrected chi connectivity index (χ0v) is 13.6. The molecule has 0 unspecified atom stereocenters. The molecule has 2 rings (SSSR count). The maximum atomic E-state index is 12.1. The lowest BCUT2D eigenvalue weighted by Crippen LogP contribution is -2.01. The van der Waals surface area contributed by atoms with Gasteiger partial charge in [0.05, 0.1) is 19.3 Å². The summed E-state index contributed by atoms with van der Waals surface area (Å²) >= 11 is 0. The highest BCUT2D eigenvalue weighted by molar-refractivity contribution is 6.04. The van der Waals surface area contributed by atoms with Gasteiger partial charge >= 0.3 is 5.97 Å². The van der Waals surface area contributed by atoms with Crippen LogP contribution < -0.4 is 10.1 Å². The largest absolute Gasteiger partial charge is 0.494 e. The molecule has 0 saturated heterocycles. The van der Waals surface area contributed by atoms with Crippen molar-refractivity contribution in [2.75, 3.05) is 19.0 Å². The van der Waals surface area contributed by atoms with E-state index in [1.807, 2.05) is 6.92 Å². The Balaban J connectivity index is 1.93. The number of hydrogen-bond acceptors (Lipinski definition) is 5. The van der Waals surface area contributed by atoms with Crippen LogP contribution in [0.1, 0.15) is 27.6 Å². The maximum absolute atomic E-state index is 12.1. The fraction of sp³-hybridized carbons (Fsp3) is 0.158. The number of methoxy groups -OCH3 is 1. The molecule has 5 nitrogen and oxygen atoms in total. The van der Waals surface area contributed by atoms with Crippen LogP contribution in [0.2, 0.25) is 0 Å². The summed E-state index contributed by atoms with van der Waals surface area (Å²) in [6.07, 6.45) is 3.01. The molecule has 0 aliphatic heterocycles. The number of carbonyl (C=O) groups excluding carboxylic acids is 2. The summed E-state index contributed by atoms with van der Waals surface area (Å²) in [5.74, 6) is 0.237. The zero-order chi connectivity index (χ0) is 17.4. The van der Waals surface area contributed by atoms with Gasteiger partial charge in [0.25, 0.3) is 0 Å². The first-order valence-corrected chi connectivity index (χ1v) is 7.52. The number of ketones is 1. The molecule has 24 heavy (non-hydrogen) atoms. The number of carbonyl (C=O) groups is 2. The van der Waals surface area contributed by atoms with E-state index in [-0.39, 0.29) is 11.8 Å². The number of anilines is 1. The Labute approximate surface area is 140 Å². The lowest BCUT2D eigenvalue weighted by Gasteiger charge is -2.04. The molecule has 0 saturated carbocycles. The number of nitrogens with one attached hydrogen (secondary N) is 1. The van der Waals surface area contributed by atoms with E-state index < -0.39 is 0 Å². The monoisotopic (exact) mass is 325 g/mol. The van der Waals surface area contributed by atoms with Crippen molar-refractivity contribution in [2.24, 2.45) is 0 Å². The molecule has 2 aromatic rings. The summed E-state index contributed by atoms with van der Waals surface area (Å²) in [6, 6.07) is 13.8. The summed E-state index contributed by atoms with van der Waals surface area (Å²) in [5.41, 5.74) is 1.81. The minimum absolute atomic E-state index is 0.114. The van der Waals surface area contributed by atoms with Gasteiger partial charge in [0, 0.05) is 23.5 Å². The SMILES string of the molecule is CCOc1ccc(C(=O)C=CNc2ccc(C(=O)OC)cc2)cc1. The van der Waals surface area contributed by atoms with E-state index in [9.17, 15) is 9.59 Å². The van der Waals surface area contributed by atoms with Crippen molar-refractivity contribution < 1.29 is 19.1 Å². The van der Waals surface area contributed by atoms with Gasteiger partial charge in [-0.2, -0.15) is 0 Å². The van der Waals surface area contributed by atoms with Crippen LogP contribution >= 0.6 is 0 Å². The van der Waals surface area contributed by atoms with E-state index in [2.05, 4.69) is 10.1 Å². The second kappa shape index (κ2) is 8.53. The Hall–Kier alpha value is -3.08. The fourth-order valence-corrected chi connectivity index (χ4v) is 2.01. The van der Waals surface area contributed by atoms with Gasteiger partial charge in [0.1, 0.15) is 5.75 Å². The van der Waals surface area contributed by atoms with Crippen molar-refractivity contribution in [1.82, 2.24) is 0 Å². The van der Waals surface area contributed by atoms with Gasteiger partial charge in [-0.15, -0.1) is 0 Å². The third-order valence-corrected chi connectivity index (χ3v) is 3.24. The molecular formula is C19H19NO4. The molecule has 0 aliphatic carbocycles. The first kappa shape index (κ1) is 17.3. The van der Waals surface area contributed by atoms with Gasteiger partial charge < -0.3 is 14.8 Å². The molecule has 124 valence electrons. The van der Waals surface area contributed by atoms with Crippen molar-refractivity contribution in [1.29, 1.82) is 0 Å². The molecule has 5 heteroatoms. The normalized spacial score (nSPS) is 10.4. The van der Waals surface area contributed by atoms with Crippen molar-refractivity contribution in [3.63, 3.8) is 0 Å². The zero-order valence-electron chi connectivity index (χ0n) is 13.6. The number of benzene rings is 2. The van der Waals surface area contributed by atoms with Gasteiger partial charge in [-0.3, -0.25) is 4.79 Å². The van der Waals surface area contributed by atoms with Gasteiger partial charge in [0.15, 0.2) is 5.78 Å². The van der Waals surface area contributed by atoms with E-state index in [0.717, 1.165) is 11.4 Å². The summed E-state index contributed by atoms with van der Waals surface area (Å²) < 4.78 is 9.97. The minimum atomic E-state index is -0.386. The predicted octanol–water partition coefficient (Wildman–Crippen LogP) is 3.68. The van der Waals surface area contributed by atoms with E-state index in [4.69, 9.17) is 4.74 Å². The van der Waals surface area contributed by atoms with Crippen LogP contribution in [0.25, 0.3) is 0 Å². The van der Waals surface area contributed by atoms with Gasteiger partial charge in [-0.25, -0.2) is 4.79 Å². The average molecular weight is 325 g/mol. The highest BCUT2D eigenvalue weighted by Gasteiger charge is 2.04. The van der Waals surface area contributed by atoms with Crippen LogP contribution in [0, 0.1) is 0 Å². The van der Waals surface area contributed by atoms with E-state index in [1.54, 1.807) is 54.7 Å². The second-order valence-corrected chi connectivity index (χ2v) is 4.87. The lowest BCUT2D eigenvalue weighted by atomic mass is 10.1. The van der Waals surface area contributed by atoms with Gasteiger partial charge in [0.2, 0.25) is 0 Å². The number of ether oxygens (including phenoxy) is 2. The van der Waals surface area contributed by atoms with Crippen molar-refractivity contribution >= 4 is 17.4 Å². The first-order chi connectivity index (χ1) is 11.6. The fourth-order valence-electron chi connectivity index (χ4n) is 2.01. The van der Waals surface area contributed by atoms with Gasteiger partial charge in [-0.05, 0) is 55.5 Å². The molecular weight excluding hydrogens is 306 g/mol. The Morgan fingerprint density at radius 2 is 1.62 bits per heavy atom. The van der Waals surface area contributed by atoms with Crippen molar-refractivity contribution in [3.05, 3.63) is 71.9 Å². The number of hydrogen-bond donors (Lipinski definition) is 1. The molecule has 2 aromatic carbocycles. The van der Waals surface area contributed by atoms with Gasteiger partial charge in [-0.1, -0.05) is 0 Å². The van der Waals surface area contributed by atoms with Crippen molar-refractivity contribution in [3.8, 4) is 5.75 Å². The molecule has 0 aromatic heterocycles. The topological polar surface area (TPSA) is 64.6 Å². The predicted molar refractivity (Wildman–Crippen MR) is 92.5 cm³/mol. The van der Waals surface area contributed by atoms with Crippen LogP contribution in [-0.4, -0.2) is 25.5 Å². The first-order valence-electron chi connectivity index (χ1n) is 7.52. The Bertz CT molecular complexity index is 718. The van der Waals surface area contributed by atoms with Crippen LogP contribution in [0.5, 0.6) is 5.75 Å². The molecule has 0 aliphatic rings. The Morgan fingerprint density at radius 1 is 1.00 bits per heavy atom. The van der Waals surface area contributed by atoms with Crippen LogP contribution in [-0.2, 0) is 4.74 Å². The smallest absolute Gasteiger partial charge is 0.337 e. The molecule has 0 bridgehead atoms. The Morgan fingerprint density at radius 3 is 2.21 bits per heavy atom. The summed E-state index contributed by atoms with van der Waals surface area (Å²) in [5, 5.41) is 2.98. The van der Waals surface area contributed by atoms with E-state index >= 15 is 0 Å². The molecule has 0 radical (unpaired) electrons. The molecule has 0 heterocycles. The standard InChI is InChI=1S/C19H19NO4/c1-3-24-17-10-6-14(7-11-17)18(21)12-13-20-16-8-4-15(5-9-16)19(22)23-2/h4-13,20H,3H2,1-2H3. The molecule has 0 fully saturated rings. The van der Waals surface area contributed by atoms with E-state index in [0.29, 0.717) is 17.7 Å². The summed E-state index contributed by atoms with van der Waals surface area (Å²) in [7, 11) is 1.34. The molecule has 0 atom stereocenters. The third kappa shape index (κ3) is 4.71. The summed E-state index contributed by atoms with van der Waals surface area (Å²) in [6.45, 7) is 2.50. The van der Waals surface area contributed by atoms with Crippen LogP contribution in [0.4, 0.5) is 5.69 Å². The Kier molecular flexibility index (Phi) is 6.14. The average Bonchev–Trinajstić information content (AvgIpc) is 2.62. The molecule has 1 N–H and O–H groups in total. The van der Waals surface area contributed by atoms with E-state index in [1.165, 1.54) is 13.2 Å². The minimum Gasteiger partial charge on any atom is -0.494 e. The van der Waals surface area contributed by atoms with Crippen molar-refractivity contribution in [2.45, 2.75) is 6.92 Å².